The zero-order chi connectivity index (χ0) is 29.7. The molecule has 0 fully saturated rings. The summed E-state index contributed by atoms with van der Waals surface area (Å²) in [4.78, 5) is 2.39. The molecule has 212 valence electrons. The lowest BCUT2D eigenvalue weighted by Gasteiger charge is -2.26. The number of rotatable bonds is 5. The predicted molar refractivity (Wildman–Crippen MR) is 198 cm³/mol. The van der Waals surface area contributed by atoms with Crippen LogP contribution in [0.15, 0.2) is 164 Å². The van der Waals surface area contributed by atoms with Crippen LogP contribution in [0.5, 0.6) is 0 Å². The van der Waals surface area contributed by atoms with Crippen molar-refractivity contribution in [1.29, 1.82) is 0 Å². The molecule has 0 unspecified atom stereocenters. The maximum absolute atomic E-state index is 2.39. The van der Waals surface area contributed by atoms with Crippen molar-refractivity contribution in [2.24, 2.45) is 0 Å². The molecule has 0 N–H and O–H groups in total. The molecule has 0 aliphatic rings. The Morgan fingerprint density at radius 3 is 1.51 bits per heavy atom. The normalized spacial score (nSPS) is 11.6. The van der Waals surface area contributed by atoms with Gasteiger partial charge in [0.15, 0.2) is 0 Å². The van der Waals surface area contributed by atoms with Crippen LogP contribution >= 0.6 is 22.7 Å². The Hall–Kier alpha value is -5.22. The highest BCUT2D eigenvalue weighted by atomic mass is 32.1. The lowest BCUT2D eigenvalue weighted by molar-refractivity contribution is 1.29. The van der Waals surface area contributed by atoms with Crippen LogP contribution in [0, 0.1) is 0 Å². The van der Waals surface area contributed by atoms with E-state index in [0.29, 0.717) is 0 Å². The van der Waals surface area contributed by atoms with Gasteiger partial charge >= 0.3 is 0 Å². The summed E-state index contributed by atoms with van der Waals surface area (Å²) in [6.45, 7) is 0. The van der Waals surface area contributed by atoms with Gasteiger partial charge in [-0.15, -0.1) is 22.7 Å². The first-order valence-electron chi connectivity index (χ1n) is 15.2. The van der Waals surface area contributed by atoms with Gasteiger partial charge in [-0.2, -0.15) is 0 Å². The second kappa shape index (κ2) is 10.7. The fraction of sp³-hybridized carbons (Fsp3) is 0. The van der Waals surface area contributed by atoms with Gasteiger partial charge in [0, 0.05) is 57.4 Å². The van der Waals surface area contributed by atoms with E-state index in [1.54, 1.807) is 0 Å². The molecule has 0 aliphatic heterocycles. The SMILES string of the molecule is c1ccc(-c2ccc(N(c3cccc(-c4ccc5sc6ccccc6c5c4)c3)c3ccc4sc5ccccc5c4c3)cc2)cc1. The molecule has 0 radical (unpaired) electrons. The van der Waals surface area contributed by atoms with E-state index < -0.39 is 0 Å². The maximum Gasteiger partial charge on any atom is 0.0468 e. The minimum atomic E-state index is 1.13. The Balaban J connectivity index is 1.20. The van der Waals surface area contributed by atoms with Crippen molar-refractivity contribution < 1.29 is 0 Å². The molecule has 0 saturated heterocycles. The third-order valence-electron chi connectivity index (χ3n) is 8.67. The highest BCUT2D eigenvalue weighted by molar-refractivity contribution is 7.26. The molecule has 2 heterocycles. The fourth-order valence-electron chi connectivity index (χ4n) is 6.46. The number of thiophene rings is 2. The monoisotopic (exact) mass is 609 g/mol. The molecule has 1 nitrogen and oxygen atoms in total. The lowest BCUT2D eigenvalue weighted by atomic mass is 10.0. The van der Waals surface area contributed by atoms with Crippen molar-refractivity contribution in [3.8, 4) is 22.3 Å². The molecule has 0 amide bonds. The Morgan fingerprint density at radius 2 is 0.778 bits per heavy atom. The van der Waals surface area contributed by atoms with Gasteiger partial charge in [-0.05, 0) is 89.0 Å². The minimum absolute atomic E-state index is 1.13. The Kier molecular flexibility index (Phi) is 6.26. The number of hydrogen-bond acceptors (Lipinski definition) is 3. The molecule has 7 aromatic carbocycles. The van der Waals surface area contributed by atoms with E-state index >= 15 is 0 Å². The standard InChI is InChI=1S/C42H27NS2/c1-2-9-28(10-3-1)29-17-20-32(21-18-29)43(34-22-24-42-38(27-34)36-14-5-7-16-40(36)45-42)33-12-8-11-30(25-33)31-19-23-41-37(26-31)35-13-4-6-15-39(35)44-41/h1-27H. The zero-order valence-corrected chi connectivity index (χ0v) is 26.0. The Bertz CT molecular complexity index is 2490. The van der Waals surface area contributed by atoms with Gasteiger partial charge in [-0.3, -0.25) is 0 Å². The Morgan fingerprint density at radius 1 is 0.289 bits per heavy atom. The minimum Gasteiger partial charge on any atom is -0.310 e. The van der Waals surface area contributed by atoms with Crippen LogP contribution < -0.4 is 4.90 Å². The number of hydrogen-bond donors (Lipinski definition) is 0. The van der Waals surface area contributed by atoms with Gasteiger partial charge < -0.3 is 4.90 Å². The number of fused-ring (bicyclic) bond motifs is 6. The van der Waals surface area contributed by atoms with E-state index in [-0.39, 0.29) is 0 Å². The first kappa shape index (κ1) is 26.2. The molecular formula is C42H27NS2. The van der Waals surface area contributed by atoms with E-state index in [4.69, 9.17) is 0 Å². The van der Waals surface area contributed by atoms with Crippen LogP contribution in [-0.2, 0) is 0 Å². The molecule has 45 heavy (non-hydrogen) atoms. The molecule has 0 atom stereocenters. The number of nitrogens with zero attached hydrogens (tertiary/aromatic N) is 1. The first-order valence-corrected chi connectivity index (χ1v) is 16.8. The smallest absolute Gasteiger partial charge is 0.0468 e. The van der Waals surface area contributed by atoms with Crippen molar-refractivity contribution in [3.63, 3.8) is 0 Å². The maximum atomic E-state index is 2.39. The Labute approximate surface area is 269 Å². The van der Waals surface area contributed by atoms with Crippen LogP contribution in [0.3, 0.4) is 0 Å². The summed E-state index contributed by atoms with van der Waals surface area (Å²) < 4.78 is 5.29. The second-order valence-electron chi connectivity index (χ2n) is 11.4. The molecule has 2 aromatic heterocycles. The molecule has 9 rings (SSSR count). The van der Waals surface area contributed by atoms with Crippen LogP contribution in [-0.4, -0.2) is 0 Å². The quantitative estimate of drug-likeness (QED) is 0.188. The van der Waals surface area contributed by atoms with E-state index in [2.05, 4.69) is 169 Å². The van der Waals surface area contributed by atoms with Gasteiger partial charge in [0.05, 0.1) is 0 Å². The van der Waals surface area contributed by atoms with E-state index in [1.165, 1.54) is 62.6 Å². The predicted octanol–water partition coefficient (Wildman–Crippen LogP) is 13.2. The molecule has 9 aromatic rings. The third kappa shape index (κ3) is 4.60. The second-order valence-corrected chi connectivity index (χ2v) is 13.6. The molecule has 0 aliphatic carbocycles. The highest BCUT2D eigenvalue weighted by Crippen LogP contribution is 2.42. The van der Waals surface area contributed by atoms with E-state index in [9.17, 15) is 0 Å². The summed E-state index contributed by atoms with van der Waals surface area (Å²) in [5, 5.41) is 5.25. The average molecular weight is 610 g/mol. The number of anilines is 3. The van der Waals surface area contributed by atoms with Gasteiger partial charge in [0.1, 0.15) is 0 Å². The van der Waals surface area contributed by atoms with Crippen molar-refractivity contribution in [2.75, 3.05) is 4.90 Å². The largest absolute Gasteiger partial charge is 0.310 e. The molecule has 3 heteroatoms. The van der Waals surface area contributed by atoms with Crippen molar-refractivity contribution in [3.05, 3.63) is 164 Å². The van der Waals surface area contributed by atoms with Gasteiger partial charge in [-0.25, -0.2) is 0 Å². The topological polar surface area (TPSA) is 3.24 Å². The van der Waals surface area contributed by atoms with Crippen molar-refractivity contribution >= 4 is 80.1 Å². The van der Waals surface area contributed by atoms with Gasteiger partial charge in [0.25, 0.3) is 0 Å². The summed E-state index contributed by atoms with van der Waals surface area (Å²) in [6, 6.07) is 59.7. The summed E-state index contributed by atoms with van der Waals surface area (Å²) in [7, 11) is 0. The van der Waals surface area contributed by atoms with E-state index in [1.807, 2.05) is 22.7 Å². The van der Waals surface area contributed by atoms with Gasteiger partial charge in [0.2, 0.25) is 0 Å². The van der Waals surface area contributed by atoms with Gasteiger partial charge in [-0.1, -0.05) is 97.1 Å². The summed E-state index contributed by atoms with van der Waals surface area (Å²) in [5.41, 5.74) is 8.28. The molecule has 0 saturated carbocycles. The van der Waals surface area contributed by atoms with Crippen molar-refractivity contribution in [1.82, 2.24) is 0 Å². The highest BCUT2D eigenvalue weighted by Gasteiger charge is 2.16. The summed E-state index contributed by atoms with van der Waals surface area (Å²) in [6.07, 6.45) is 0. The van der Waals surface area contributed by atoms with Crippen LogP contribution in [0.4, 0.5) is 17.1 Å². The number of benzene rings is 7. The summed E-state index contributed by atoms with van der Waals surface area (Å²) >= 11 is 3.72. The molecular weight excluding hydrogens is 583 g/mol. The summed E-state index contributed by atoms with van der Waals surface area (Å²) in [5.74, 6) is 0. The van der Waals surface area contributed by atoms with E-state index in [0.717, 1.165) is 17.1 Å². The molecule has 0 spiro atoms. The average Bonchev–Trinajstić information content (AvgIpc) is 3.67. The van der Waals surface area contributed by atoms with Crippen LogP contribution in [0.2, 0.25) is 0 Å². The van der Waals surface area contributed by atoms with Crippen LogP contribution in [0.1, 0.15) is 0 Å². The lowest BCUT2D eigenvalue weighted by Crippen LogP contribution is -2.10. The third-order valence-corrected chi connectivity index (χ3v) is 11.0. The first-order chi connectivity index (χ1) is 22.3. The van der Waals surface area contributed by atoms with Crippen LogP contribution in [0.25, 0.3) is 62.6 Å². The van der Waals surface area contributed by atoms with Crippen molar-refractivity contribution in [2.45, 2.75) is 0 Å². The molecule has 0 bridgehead atoms. The fourth-order valence-corrected chi connectivity index (χ4v) is 8.64. The zero-order valence-electron chi connectivity index (χ0n) is 24.4.